The number of unbranched alkanes of at least 4 members (excludes halogenated alkanes) is 1. The van der Waals surface area contributed by atoms with Crippen LogP contribution in [-0.2, 0) is 0 Å². The molecule has 0 bridgehead atoms. The Labute approximate surface area is 177 Å². The lowest BCUT2D eigenvalue weighted by molar-refractivity contribution is 0.136. The molecule has 162 valence electrons. The van der Waals surface area contributed by atoms with E-state index in [1.807, 2.05) is 0 Å². The summed E-state index contributed by atoms with van der Waals surface area (Å²) in [6.45, 7) is 17.8. The molecule has 0 aromatic heterocycles. The summed E-state index contributed by atoms with van der Waals surface area (Å²) in [5, 5.41) is 3.50. The largest absolute Gasteiger partial charge is 0.368 e. The van der Waals surface area contributed by atoms with Crippen molar-refractivity contribution in [1.29, 1.82) is 0 Å². The van der Waals surface area contributed by atoms with Crippen LogP contribution in [0.15, 0.2) is 35.3 Å². The summed E-state index contributed by atoms with van der Waals surface area (Å²) in [5.41, 5.74) is 1.33. The maximum atomic E-state index is 4.93. The third kappa shape index (κ3) is 6.89. The van der Waals surface area contributed by atoms with Crippen molar-refractivity contribution < 1.29 is 0 Å². The van der Waals surface area contributed by atoms with E-state index in [2.05, 4.69) is 69.1 Å². The first-order chi connectivity index (χ1) is 14.3. The Hall–Kier alpha value is -1.79. The molecule has 29 heavy (non-hydrogen) atoms. The highest BCUT2D eigenvalue weighted by Crippen LogP contribution is 2.15. The summed E-state index contributed by atoms with van der Waals surface area (Å²) in [5.74, 6) is 1.09. The average Bonchev–Trinajstić information content (AvgIpc) is 2.79. The molecule has 0 amide bonds. The van der Waals surface area contributed by atoms with Gasteiger partial charge in [0.2, 0.25) is 0 Å². The van der Waals surface area contributed by atoms with Gasteiger partial charge in [-0.25, -0.2) is 0 Å². The van der Waals surface area contributed by atoms with Crippen LogP contribution in [0.3, 0.4) is 0 Å². The molecule has 2 aliphatic heterocycles. The monoisotopic (exact) mass is 400 g/mol. The van der Waals surface area contributed by atoms with Crippen molar-refractivity contribution in [3.63, 3.8) is 0 Å². The topological polar surface area (TPSA) is 37.4 Å². The number of aliphatic imine (C=N–C) groups is 1. The van der Waals surface area contributed by atoms with E-state index in [1.54, 1.807) is 0 Å². The highest BCUT2D eigenvalue weighted by Gasteiger charge is 2.19. The molecule has 0 unspecified atom stereocenters. The van der Waals surface area contributed by atoms with Gasteiger partial charge in [-0.15, -0.1) is 0 Å². The molecule has 1 aromatic rings. The average molecular weight is 401 g/mol. The Morgan fingerprint density at radius 2 is 1.55 bits per heavy atom. The molecule has 2 aliphatic rings. The summed E-state index contributed by atoms with van der Waals surface area (Å²) in [6.07, 6.45) is 2.42. The number of nitrogens with one attached hydrogen (secondary N) is 1. The van der Waals surface area contributed by atoms with Crippen LogP contribution < -0.4 is 10.2 Å². The number of hydrogen-bond acceptors (Lipinski definition) is 4. The third-order valence-corrected chi connectivity index (χ3v) is 6.09. The first-order valence-corrected chi connectivity index (χ1v) is 11.6. The van der Waals surface area contributed by atoms with E-state index in [1.165, 1.54) is 57.8 Å². The normalized spacial score (nSPS) is 19.6. The van der Waals surface area contributed by atoms with Crippen LogP contribution in [0.5, 0.6) is 0 Å². The van der Waals surface area contributed by atoms with Gasteiger partial charge < -0.3 is 24.9 Å². The zero-order valence-corrected chi connectivity index (χ0v) is 18.5. The van der Waals surface area contributed by atoms with Crippen molar-refractivity contribution >= 4 is 11.6 Å². The van der Waals surface area contributed by atoms with E-state index in [4.69, 9.17) is 4.99 Å². The number of benzene rings is 1. The van der Waals surface area contributed by atoms with Gasteiger partial charge in [-0.3, -0.25) is 4.99 Å². The maximum absolute atomic E-state index is 4.93. The second-order valence-corrected chi connectivity index (χ2v) is 8.03. The number of guanidine groups is 1. The second kappa shape index (κ2) is 12.0. The number of likely N-dealkylation sites (N-methyl/N-ethyl adjacent to an activating group) is 1. The summed E-state index contributed by atoms with van der Waals surface area (Å²) in [6, 6.07) is 10.7. The lowest BCUT2D eigenvalue weighted by Gasteiger charge is -2.37. The number of nitrogens with zero attached hydrogens (tertiary/aromatic N) is 5. The fraction of sp³-hybridized carbons (Fsp3) is 0.696. The molecule has 1 N–H and O–H groups in total. The summed E-state index contributed by atoms with van der Waals surface area (Å²) < 4.78 is 0. The molecule has 0 atom stereocenters. The first kappa shape index (κ1) is 21.9. The van der Waals surface area contributed by atoms with Crippen molar-refractivity contribution in [2.45, 2.75) is 26.7 Å². The van der Waals surface area contributed by atoms with Gasteiger partial charge in [0.05, 0.1) is 0 Å². The fourth-order valence-corrected chi connectivity index (χ4v) is 4.20. The molecule has 0 saturated carbocycles. The van der Waals surface area contributed by atoms with E-state index >= 15 is 0 Å². The molecule has 0 aliphatic carbocycles. The third-order valence-electron chi connectivity index (χ3n) is 6.09. The molecule has 2 heterocycles. The zero-order valence-electron chi connectivity index (χ0n) is 18.5. The van der Waals surface area contributed by atoms with Crippen molar-refractivity contribution in [2.24, 2.45) is 4.99 Å². The fourth-order valence-electron chi connectivity index (χ4n) is 4.20. The van der Waals surface area contributed by atoms with Crippen LogP contribution in [0.25, 0.3) is 0 Å². The van der Waals surface area contributed by atoms with E-state index in [9.17, 15) is 0 Å². The molecule has 2 fully saturated rings. The van der Waals surface area contributed by atoms with E-state index in [0.717, 1.165) is 45.2 Å². The molecule has 6 heteroatoms. The Bertz CT molecular complexity index is 589. The number of piperazine rings is 2. The van der Waals surface area contributed by atoms with Gasteiger partial charge in [0.15, 0.2) is 5.96 Å². The van der Waals surface area contributed by atoms with Crippen molar-refractivity contribution in [1.82, 2.24) is 20.0 Å². The Morgan fingerprint density at radius 1 is 0.862 bits per heavy atom. The van der Waals surface area contributed by atoms with Crippen LogP contribution in [-0.4, -0.2) is 99.2 Å². The summed E-state index contributed by atoms with van der Waals surface area (Å²) in [4.78, 5) is 15.0. The van der Waals surface area contributed by atoms with Gasteiger partial charge in [0.25, 0.3) is 0 Å². The number of hydrogen-bond donors (Lipinski definition) is 1. The number of para-hydroxylation sites is 1. The molecule has 6 nitrogen and oxygen atoms in total. The quantitative estimate of drug-likeness (QED) is 0.411. The number of rotatable bonds is 8. The molecular weight excluding hydrogens is 360 g/mol. The van der Waals surface area contributed by atoms with Crippen molar-refractivity contribution in [3.8, 4) is 0 Å². The minimum Gasteiger partial charge on any atom is -0.368 e. The van der Waals surface area contributed by atoms with Crippen LogP contribution in [0.4, 0.5) is 5.69 Å². The molecular formula is C23H40N6. The van der Waals surface area contributed by atoms with Crippen LogP contribution in [0, 0.1) is 0 Å². The van der Waals surface area contributed by atoms with Crippen LogP contribution in [0.2, 0.25) is 0 Å². The van der Waals surface area contributed by atoms with Crippen LogP contribution >= 0.6 is 0 Å². The standard InChI is InChI=1S/C23H40N6/c1-3-24-23(25-12-8-9-13-27-16-14-26(4-2)15-17-27)29-20-18-28(19-21-29)22-10-6-5-7-11-22/h5-7,10-11H,3-4,8-9,12-21H2,1-2H3,(H,24,25). The van der Waals surface area contributed by atoms with Gasteiger partial charge in [-0.1, -0.05) is 25.1 Å². The predicted octanol–water partition coefficient (Wildman–Crippen LogP) is 2.19. The molecule has 2 saturated heterocycles. The molecule has 3 rings (SSSR count). The minimum atomic E-state index is 0.927. The Morgan fingerprint density at radius 3 is 2.21 bits per heavy atom. The minimum absolute atomic E-state index is 0.927. The molecule has 0 radical (unpaired) electrons. The van der Waals surface area contributed by atoms with Crippen LogP contribution in [0.1, 0.15) is 26.7 Å². The summed E-state index contributed by atoms with van der Waals surface area (Å²) in [7, 11) is 0. The van der Waals surface area contributed by atoms with Gasteiger partial charge in [0.1, 0.15) is 0 Å². The Balaban J connectivity index is 1.37. The van der Waals surface area contributed by atoms with E-state index < -0.39 is 0 Å². The van der Waals surface area contributed by atoms with E-state index in [0.29, 0.717) is 0 Å². The predicted molar refractivity (Wildman–Crippen MR) is 124 cm³/mol. The van der Waals surface area contributed by atoms with E-state index in [-0.39, 0.29) is 0 Å². The highest BCUT2D eigenvalue weighted by molar-refractivity contribution is 5.80. The number of anilines is 1. The second-order valence-electron chi connectivity index (χ2n) is 8.03. The van der Waals surface area contributed by atoms with Crippen molar-refractivity contribution in [2.75, 3.05) is 83.4 Å². The SMILES string of the molecule is CCNC(=NCCCCN1CCN(CC)CC1)N1CCN(c2ccccc2)CC1. The Kier molecular flexibility index (Phi) is 9.09. The molecule has 1 aromatic carbocycles. The first-order valence-electron chi connectivity index (χ1n) is 11.6. The highest BCUT2D eigenvalue weighted by atomic mass is 15.3. The molecule has 0 spiro atoms. The maximum Gasteiger partial charge on any atom is 0.194 e. The van der Waals surface area contributed by atoms with Gasteiger partial charge >= 0.3 is 0 Å². The van der Waals surface area contributed by atoms with Gasteiger partial charge in [-0.05, 0) is 45.0 Å². The smallest absolute Gasteiger partial charge is 0.194 e. The zero-order chi connectivity index (χ0) is 20.3. The summed E-state index contributed by atoms with van der Waals surface area (Å²) >= 11 is 0. The van der Waals surface area contributed by atoms with Gasteiger partial charge in [0, 0.05) is 71.1 Å². The van der Waals surface area contributed by atoms with Gasteiger partial charge in [-0.2, -0.15) is 0 Å². The lowest BCUT2D eigenvalue weighted by Crippen LogP contribution is -2.52. The van der Waals surface area contributed by atoms with Crippen molar-refractivity contribution in [3.05, 3.63) is 30.3 Å². The lowest BCUT2D eigenvalue weighted by atomic mass is 10.2.